The number of hydrogen-bond acceptors (Lipinski definition) is 4. The summed E-state index contributed by atoms with van der Waals surface area (Å²) in [4.78, 5) is 0.328. The third kappa shape index (κ3) is 3.55. The number of benzene rings is 2. The van der Waals surface area contributed by atoms with E-state index in [2.05, 4.69) is 5.32 Å². The van der Waals surface area contributed by atoms with Crippen LogP contribution in [0.5, 0.6) is 5.75 Å². The van der Waals surface area contributed by atoms with Crippen molar-refractivity contribution in [2.45, 2.75) is 25.3 Å². The molecule has 0 bridgehead atoms. The van der Waals surface area contributed by atoms with Gasteiger partial charge < -0.3 is 10.4 Å². The molecule has 0 aliphatic carbocycles. The number of aromatic hydroxyl groups is 1. The van der Waals surface area contributed by atoms with Crippen LogP contribution in [-0.2, 0) is 16.4 Å². The molecule has 0 unspecified atom stereocenters. The van der Waals surface area contributed by atoms with E-state index < -0.39 is 9.84 Å². The lowest BCUT2D eigenvalue weighted by Gasteiger charge is -2.10. The normalized spacial score (nSPS) is 11.3. The molecule has 0 radical (unpaired) electrons. The summed E-state index contributed by atoms with van der Waals surface area (Å²) < 4.78 is 23.4. The van der Waals surface area contributed by atoms with Gasteiger partial charge in [-0.3, -0.25) is 0 Å². The zero-order chi connectivity index (χ0) is 15.5. The zero-order valence-electron chi connectivity index (χ0n) is 12.1. The first-order valence-electron chi connectivity index (χ1n) is 6.78. The van der Waals surface area contributed by atoms with Gasteiger partial charge in [0.1, 0.15) is 5.75 Å². The second-order valence-corrected chi connectivity index (χ2v) is 7.14. The summed E-state index contributed by atoms with van der Waals surface area (Å²) >= 11 is 0. The lowest BCUT2D eigenvalue weighted by atomic mass is 10.1. The summed E-state index contributed by atoms with van der Waals surface area (Å²) in [6, 6.07) is 12.2. The van der Waals surface area contributed by atoms with Crippen molar-refractivity contribution >= 4 is 15.5 Å². The SMILES string of the molecule is CCS(=O)(=O)c1ccc(NCc2cccc(C)c2O)cc1. The van der Waals surface area contributed by atoms with Crippen LogP contribution in [0.15, 0.2) is 47.4 Å². The molecule has 0 heterocycles. The Morgan fingerprint density at radius 1 is 1.10 bits per heavy atom. The Morgan fingerprint density at radius 2 is 1.76 bits per heavy atom. The van der Waals surface area contributed by atoms with Crippen molar-refractivity contribution in [3.63, 3.8) is 0 Å². The minimum absolute atomic E-state index is 0.0942. The molecule has 4 nitrogen and oxygen atoms in total. The molecule has 0 fully saturated rings. The van der Waals surface area contributed by atoms with Crippen molar-refractivity contribution < 1.29 is 13.5 Å². The van der Waals surface area contributed by atoms with E-state index in [1.54, 1.807) is 31.2 Å². The smallest absolute Gasteiger partial charge is 0.178 e. The summed E-state index contributed by atoms with van der Waals surface area (Å²) in [6.07, 6.45) is 0. The summed E-state index contributed by atoms with van der Waals surface area (Å²) in [5, 5.41) is 13.1. The number of rotatable bonds is 5. The van der Waals surface area contributed by atoms with E-state index in [9.17, 15) is 13.5 Å². The average Bonchev–Trinajstić information content (AvgIpc) is 2.49. The van der Waals surface area contributed by atoms with Gasteiger partial charge in [-0.2, -0.15) is 0 Å². The van der Waals surface area contributed by atoms with E-state index in [0.29, 0.717) is 11.4 Å². The van der Waals surface area contributed by atoms with Crippen LogP contribution in [0.25, 0.3) is 0 Å². The molecule has 21 heavy (non-hydrogen) atoms. The molecule has 0 amide bonds. The monoisotopic (exact) mass is 305 g/mol. The molecular weight excluding hydrogens is 286 g/mol. The van der Waals surface area contributed by atoms with Crippen LogP contribution >= 0.6 is 0 Å². The van der Waals surface area contributed by atoms with Crippen LogP contribution in [0.2, 0.25) is 0 Å². The number of hydrogen-bond donors (Lipinski definition) is 2. The van der Waals surface area contributed by atoms with Gasteiger partial charge in [0.2, 0.25) is 0 Å². The van der Waals surface area contributed by atoms with E-state index in [-0.39, 0.29) is 11.5 Å². The molecule has 0 spiro atoms. The number of phenols is 1. The van der Waals surface area contributed by atoms with E-state index in [4.69, 9.17) is 0 Å². The van der Waals surface area contributed by atoms with Crippen molar-refractivity contribution in [2.24, 2.45) is 0 Å². The Labute approximate surface area is 125 Å². The Kier molecular flexibility index (Phi) is 4.53. The Bertz CT molecular complexity index is 722. The highest BCUT2D eigenvalue weighted by molar-refractivity contribution is 7.91. The van der Waals surface area contributed by atoms with E-state index in [1.807, 2.05) is 25.1 Å². The van der Waals surface area contributed by atoms with Gasteiger partial charge in [0.25, 0.3) is 0 Å². The highest BCUT2D eigenvalue weighted by Crippen LogP contribution is 2.23. The molecule has 0 aromatic heterocycles. The number of para-hydroxylation sites is 1. The minimum atomic E-state index is -3.16. The van der Waals surface area contributed by atoms with Crippen molar-refractivity contribution in [2.75, 3.05) is 11.1 Å². The summed E-state index contributed by atoms with van der Waals surface area (Å²) in [6.45, 7) is 3.96. The van der Waals surface area contributed by atoms with Crippen LogP contribution in [0, 0.1) is 6.92 Å². The van der Waals surface area contributed by atoms with Gasteiger partial charge in [0.15, 0.2) is 9.84 Å². The molecule has 0 atom stereocenters. The second kappa shape index (κ2) is 6.18. The maximum absolute atomic E-state index is 11.7. The van der Waals surface area contributed by atoms with Crippen LogP contribution < -0.4 is 5.32 Å². The van der Waals surface area contributed by atoms with Crippen molar-refractivity contribution in [1.82, 2.24) is 0 Å². The molecule has 2 rings (SSSR count). The maximum Gasteiger partial charge on any atom is 0.178 e. The fraction of sp³-hybridized carbons (Fsp3) is 0.250. The van der Waals surface area contributed by atoms with Gasteiger partial charge in [0, 0.05) is 17.8 Å². The van der Waals surface area contributed by atoms with Crippen molar-refractivity contribution in [1.29, 1.82) is 0 Å². The van der Waals surface area contributed by atoms with Gasteiger partial charge in [-0.15, -0.1) is 0 Å². The van der Waals surface area contributed by atoms with Crippen molar-refractivity contribution in [3.05, 3.63) is 53.6 Å². The number of nitrogens with one attached hydrogen (secondary N) is 1. The Balaban J connectivity index is 2.09. The number of anilines is 1. The third-order valence-electron chi connectivity index (χ3n) is 3.40. The molecule has 112 valence electrons. The number of phenolic OH excluding ortho intramolecular Hbond substituents is 1. The zero-order valence-corrected chi connectivity index (χ0v) is 12.9. The average molecular weight is 305 g/mol. The van der Waals surface area contributed by atoms with Crippen LogP contribution in [0.4, 0.5) is 5.69 Å². The highest BCUT2D eigenvalue weighted by atomic mass is 32.2. The highest BCUT2D eigenvalue weighted by Gasteiger charge is 2.10. The number of aryl methyl sites for hydroxylation is 1. The summed E-state index contributed by atoms with van der Waals surface area (Å²) in [7, 11) is -3.16. The predicted octanol–water partition coefficient (Wildman–Crippen LogP) is 3.11. The third-order valence-corrected chi connectivity index (χ3v) is 5.15. The first-order valence-corrected chi connectivity index (χ1v) is 8.43. The molecule has 2 aromatic carbocycles. The van der Waals surface area contributed by atoms with E-state index in [0.717, 1.165) is 16.8 Å². The quantitative estimate of drug-likeness (QED) is 0.891. The minimum Gasteiger partial charge on any atom is -0.507 e. The van der Waals surface area contributed by atoms with Gasteiger partial charge in [-0.05, 0) is 36.8 Å². The standard InChI is InChI=1S/C16H19NO3S/c1-3-21(19,20)15-9-7-14(8-10-15)17-11-13-6-4-5-12(2)16(13)18/h4-10,17-18H,3,11H2,1-2H3. The Hall–Kier alpha value is -2.01. The lowest BCUT2D eigenvalue weighted by molar-refractivity contribution is 0.465. The first-order chi connectivity index (χ1) is 9.94. The molecule has 2 aromatic rings. The van der Waals surface area contributed by atoms with Crippen molar-refractivity contribution in [3.8, 4) is 5.75 Å². The molecule has 5 heteroatoms. The fourth-order valence-electron chi connectivity index (χ4n) is 2.01. The van der Waals surface area contributed by atoms with Crippen LogP contribution in [0.1, 0.15) is 18.1 Å². The fourth-order valence-corrected chi connectivity index (χ4v) is 2.89. The molecular formula is C16H19NO3S. The second-order valence-electron chi connectivity index (χ2n) is 4.86. The van der Waals surface area contributed by atoms with Gasteiger partial charge in [-0.1, -0.05) is 25.1 Å². The summed E-state index contributed by atoms with van der Waals surface area (Å²) in [5.41, 5.74) is 2.45. The first kappa shape index (κ1) is 15.4. The Morgan fingerprint density at radius 3 is 2.38 bits per heavy atom. The van der Waals surface area contributed by atoms with Crippen LogP contribution in [-0.4, -0.2) is 19.3 Å². The molecule has 0 saturated carbocycles. The predicted molar refractivity (Wildman–Crippen MR) is 84.3 cm³/mol. The maximum atomic E-state index is 11.7. The topological polar surface area (TPSA) is 66.4 Å². The molecule has 2 N–H and O–H groups in total. The van der Waals surface area contributed by atoms with Gasteiger partial charge in [-0.25, -0.2) is 8.42 Å². The van der Waals surface area contributed by atoms with Gasteiger partial charge in [0.05, 0.1) is 10.6 Å². The molecule has 0 saturated heterocycles. The number of sulfone groups is 1. The van der Waals surface area contributed by atoms with E-state index >= 15 is 0 Å². The largest absolute Gasteiger partial charge is 0.507 e. The van der Waals surface area contributed by atoms with E-state index in [1.165, 1.54) is 0 Å². The van der Waals surface area contributed by atoms with Gasteiger partial charge >= 0.3 is 0 Å². The summed E-state index contributed by atoms with van der Waals surface area (Å²) in [5.74, 6) is 0.381. The lowest BCUT2D eigenvalue weighted by Crippen LogP contribution is -2.04. The molecule has 0 aliphatic rings. The molecule has 0 aliphatic heterocycles. The van der Waals surface area contributed by atoms with Crippen LogP contribution in [0.3, 0.4) is 0 Å².